The highest BCUT2D eigenvalue weighted by molar-refractivity contribution is 6.33. The average molecular weight is 434 g/mol. The number of esters is 1. The fourth-order valence-corrected chi connectivity index (χ4v) is 2.89. The summed E-state index contributed by atoms with van der Waals surface area (Å²) in [4.78, 5) is 33.0. The molecule has 29 heavy (non-hydrogen) atoms. The van der Waals surface area contributed by atoms with Crippen molar-refractivity contribution < 1.29 is 14.3 Å². The summed E-state index contributed by atoms with van der Waals surface area (Å²) in [6.45, 7) is 5.14. The summed E-state index contributed by atoms with van der Waals surface area (Å²) in [5.41, 5.74) is 1.85. The summed E-state index contributed by atoms with van der Waals surface area (Å²) < 4.78 is 6.81. The number of pyridine rings is 2. The minimum Gasteiger partial charge on any atom is -0.448 e. The fraction of sp³-hybridized carbons (Fsp3) is 0.211. The standard InChI is InChI=1S/C19H17Cl2N5O3/c1-10-9-11(2)26(25-10)15-7-6-13(20)16(24-15)19(28)29-12(3)18(27)23-14-5-4-8-22-17(14)21/h4-9,12H,1-3H3,(H,23,27). The molecule has 150 valence electrons. The molecule has 0 aromatic carbocycles. The first kappa shape index (κ1) is 20.8. The molecule has 0 radical (unpaired) electrons. The number of nitrogens with zero attached hydrogens (tertiary/aromatic N) is 4. The Kier molecular flexibility index (Phi) is 6.14. The topological polar surface area (TPSA) is 99.0 Å². The molecule has 0 aliphatic carbocycles. The van der Waals surface area contributed by atoms with Gasteiger partial charge in [0.1, 0.15) is 0 Å². The second-order valence-corrected chi connectivity index (χ2v) is 6.98. The first-order valence-corrected chi connectivity index (χ1v) is 9.34. The number of halogens is 2. The van der Waals surface area contributed by atoms with E-state index < -0.39 is 18.0 Å². The van der Waals surface area contributed by atoms with Crippen molar-refractivity contribution >= 4 is 40.8 Å². The summed E-state index contributed by atoms with van der Waals surface area (Å²) >= 11 is 12.0. The Hall–Kier alpha value is -2.97. The van der Waals surface area contributed by atoms with Gasteiger partial charge in [0.25, 0.3) is 5.91 Å². The van der Waals surface area contributed by atoms with Gasteiger partial charge < -0.3 is 10.1 Å². The molecule has 0 saturated carbocycles. The SMILES string of the molecule is Cc1cc(C)n(-c2ccc(Cl)c(C(=O)OC(C)C(=O)Nc3cccnc3Cl)n2)n1. The third kappa shape index (κ3) is 4.72. The maximum atomic E-state index is 12.6. The van der Waals surface area contributed by atoms with Gasteiger partial charge in [-0.05, 0) is 51.1 Å². The van der Waals surface area contributed by atoms with E-state index in [-0.39, 0.29) is 15.9 Å². The summed E-state index contributed by atoms with van der Waals surface area (Å²) in [5.74, 6) is -0.997. The summed E-state index contributed by atoms with van der Waals surface area (Å²) in [5, 5.41) is 7.11. The third-order valence-electron chi connectivity index (χ3n) is 3.92. The van der Waals surface area contributed by atoms with Crippen LogP contribution in [-0.4, -0.2) is 37.7 Å². The van der Waals surface area contributed by atoms with Crippen LogP contribution in [-0.2, 0) is 9.53 Å². The Labute approximate surface area is 176 Å². The fourth-order valence-electron chi connectivity index (χ4n) is 2.54. The molecular formula is C19H17Cl2N5O3. The van der Waals surface area contributed by atoms with Crippen LogP contribution in [0.15, 0.2) is 36.5 Å². The van der Waals surface area contributed by atoms with E-state index in [2.05, 4.69) is 20.4 Å². The largest absolute Gasteiger partial charge is 0.448 e. The van der Waals surface area contributed by atoms with Gasteiger partial charge in [-0.3, -0.25) is 4.79 Å². The van der Waals surface area contributed by atoms with Gasteiger partial charge in [0.15, 0.2) is 22.8 Å². The van der Waals surface area contributed by atoms with Gasteiger partial charge in [-0.25, -0.2) is 19.4 Å². The van der Waals surface area contributed by atoms with Crippen molar-refractivity contribution in [3.05, 3.63) is 63.8 Å². The molecule has 1 atom stereocenters. The van der Waals surface area contributed by atoms with Crippen LogP contribution in [0.4, 0.5) is 5.69 Å². The number of nitrogens with one attached hydrogen (secondary N) is 1. The van der Waals surface area contributed by atoms with Gasteiger partial charge in [-0.1, -0.05) is 23.2 Å². The Balaban J connectivity index is 1.76. The van der Waals surface area contributed by atoms with Crippen molar-refractivity contribution in [1.29, 1.82) is 0 Å². The van der Waals surface area contributed by atoms with Crippen LogP contribution in [0.2, 0.25) is 10.2 Å². The number of ether oxygens (including phenoxy) is 1. The van der Waals surface area contributed by atoms with Crippen LogP contribution in [0.5, 0.6) is 0 Å². The smallest absolute Gasteiger partial charge is 0.359 e. The second kappa shape index (κ2) is 8.59. The Morgan fingerprint density at radius 3 is 2.62 bits per heavy atom. The first-order valence-electron chi connectivity index (χ1n) is 8.59. The number of hydrogen-bond acceptors (Lipinski definition) is 6. The molecule has 0 saturated heterocycles. The zero-order chi connectivity index (χ0) is 21.1. The van der Waals surface area contributed by atoms with E-state index in [9.17, 15) is 9.59 Å². The maximum absolute atomic E-state index is 12.6. The van der Waals surface area contributed by atoms with Crippen LogP contribution in [0.1, 0.15) is 28.8 Å². The quantitative estimate of drug-likeness (QED) is 0.485. The van der Waals surface area contributed by atoms with E-state index >= 15 is 0 Å². The van der Waals surface area contributed by atoms with Crippen LogP contribution in [0.25, 0.3) is 5.82 Å². The van der Waals surface area contributed by atoms with E-state index in [0.717, 1.165) is 11.4 Å². The highest BCUT2D eigenvalue weighted by Gasteiger charge is 2.23. The van der Waals surface area contributed by atoms with Crippen molar-refractivity contribution in [2.45, 2.75) is 26.9 Å². The summed E-state index contributed by atoms with van der Waals surface area (Å²) in [7, 11) is 0. The molecule has 0 spiro atoms. The first-order chi connectivity index (χ1) is 13.8. The monoisotopic (exact) mass is 433 g/mol. The lowest BCUT2D eigenvalue weighted by Gasteiger charge is -2.14. The minimum atomic E-state index is -1.12. The van der Waals surface area contributed by atoms with Gasteiger partial charge in [0.05, 0.1) is 16.4 Å². The number of rotatable bonds is 5. The number of carbonyl (C=O) groups excluding carboxylic acids is 2. The van der Waals surface area contributed by atoms with E-state index in [4.69, 9.17) is 27.9 Å². The Bertz CT molecular complexity index is 1080. The molecule has 3 heterocycles. The van der Waals surface area contributed by atoms with Gasteiger partial charge >= 0.3 is 5.97 Å². The molecular weight excluding hydrogens is 417 g/mol. The molecule has 10 heteroatoms. The molecule has 1 N–H and O–H groups in total. The van der Waals surface area contributed by atoms with Crippen molar-refractivity contribution in [3.8, 4) is 5.82 Å². The van der Waals surface area contributed by atoms with Gasteiger partial charge in [-0.2, -0.15) is 5.10 Å². The van der Waals surface area contributed by atoms with E-state index in [1.165, 1.54) is 19.2 Å². The van der Waals surface area contributed by atoms with Gasteiger partial charge in [0, 0.05) is 11.9 Å². The molecule has 1 amide bonds. The van der Waals surface area contributed by atoms with Crippen molar-refractivity contribution in [1.82, 2.24) is 19.7 Å². The van der Waals surface area contributed by atoms with E-state index in [1.54, 1.807) is 22.9 Å². The Morgan fingerprint density at radius 2 is 1.97 bits per heavy atom. The maximum Gasteiger partial charge on any atom is 0.359 e. The summed E-state index contributed by atoms with van der Waals surface area (Å²) in [6.07, 6.45) is 0.374. The third-order valence-corrected chi connectivity index (χ3v) is 4.53. The number of aromatic nitrogens is 4. The van der Waals surface area contributed by atoms with Crippen molar-refractivity contribution in [2.24, 2.45) is 0 Å². The molecule has 0 bridgehead atoms. The average Bonchev–Trinajstić information content (AvgIpc) is 3.02. The van der Waals surface area contributed by atoms with Crippen LogP contribution in [0.3, 0.4) is 0 Å². The van der Waals surface area contributed by atoms with Crippen LogP contribution >= 0.6 is 23.2 Å². The lowest BCUT2D eigenvalue weighted by molar-refractivity contribution is -0.123. The number of amides is 1. The second-order valence-electron chi connectivity index (χ2n) is 6.22. The zero-order valence-corrected chi connectivity index (χ0v) is 17.3. The van der Waals surface area contributed by atoms with E-state index in [0.29, 0.717) is 11.5 Å². The number of anilines is 1. The molecule has 0 aliphatic heterocycles. The van der Waals surface area contributed by atoms with Gasteiger partial charge in [0.2, 0.25) is 0 Å². The lowest BCUT2D eigenvalue weighted by atomic mass is 10.3. The molecule has 0 aliphatic rings. The van der Waals surface area contributed by atoms with Crippen LogP contribution in [0, 0.1) is 13.8 Å². The minimum absolute atomic E-state index is 0.100. The molecule has 8 nitrogen and oxygen atoms in total. The van der Waals surface area contributed by atoms with E-state index in [1.807, 2.05) is 19.9 Å². The normalized spacial score (nSPS) is 11.8. The number of carbonyl (C=O) groups is 2. The summed E-state index contributed by atoms with van der Waals surface area (Å²) in [6, 6.07) is 8.24. The molecule has 3 aromatic heterocycles. The molecule has 3 rings (SSSR count). The molecule has 3 aromatic rings. The number of hydrogen-bond donors (Lipinski definition) is 1. The highest BCUT2D eigenvalue weighted by atomic mass is 35.5. The van der Waals surface area contributed by atoms with Crippen molar-refractivity contribution in [2.75, 3.05) is 5.32 Å². The van der Waals surface area contributed by atoms with Crippen molar-refractivity contribution in [3.63, 3.8) is 0 Å². The molecule has 0 fully saturated rings. The predicted molar refractivity (Wildman–Crippen MR) is 109 cm³/mol. The Morgan fingerprint density at radius 1 is 1.21 bits per heavy atom. The predicted octanol–water partition coefficient (Wildman–Crippen LogP) is 3.77. The lowest BCUT2D eigenvalue weighted by Crippen LogP contribution is -2.30. The van der Waals surface area contributed by atoms with Gasteiger partial charge in [-0.15, -0.1) is 0 Å². The highest BCUT2D eigenvalue weighted by Crippen LogP contribution is 2.20. The number of aryl methyl sites for hydroxylation is 2. The van der Waals surface area contributed by atoms with Crippen LogP contribution < -0.4 is 5.32 Å². The zero-order valence-electron chi connectivity index (χ0n) is 15.8. The molecule has 1 unspecified atom stereocenters.